The van der Waals surface area contributed by atoms with Gasteiger partial charge in [-0.15, -0.1) is 0 Å². The highest BCUT2D eigenvalue weighted by atomic mass is 32.2. The van der Waals surface area contributed by atoms with E-state index < -0.39 is 10.0 Å². The fourth-order valence-electron chi connectivity index (χ4n) is 2.39. The summed E-state index contributed by atoms with van der Waals surface area (Å²) in [6, 6.07) is 5.50. The zero-order chi connectivity index (χ0) is 18.3. The van der Waals surface area contributed by atoms with Crippen molar-refractivity contribution in [3.05, 3.63) is 29.3 Å². The molecule has 1 aromatic carbocycles. The van der Waals surface area contributed by atoms with E-state index in [-0.39, 0.29) is 24.9 Å². The number of benzene rings is 1. The molecule has 1 rings (SSSR count). The standard InChI is InChI=1S/C17H28N2O4S/c1-13-8-9-16(11-14(13)2)19(24(5,21)22)10-6-7-17(20)18-15(3)12-23-4/h8-9,11,15H,6-7,10,12H2,1-5H3,(H,18,20)/t15-/m1/s1. The van der Waals surface area contributed by atoms with Crippen LogP contribution in [0.25, 0.3) is 0 Å². The molecule has 1 N–H and O–H groups in total. The van der Waals surface area contributed by atoms with Gasteiger partial charge in [-0.05, 0) is 50.5 Å². The maximum absolute atomic E-state index is 12.1. The Balaban J connectivity index is 2.69. The van der Waals surface area contributed by atoms with E-state index in [9.17, 15) is 13.2 Å². The van der Waals surface area contributed by atoms with Gasteiger partial charge in [0.2, 0.25) is 15.9 Å². The number of aryl methyl sites for hydroxylation is 2. The van der Waals surface area contributed by atoms with E-state index in [0.29, 0.717) is 18.7 Å². The molecule has 0 fully saturated rings. The first-order valence-electron chi connectivity index (χ1n) is 7.98. The quantitative estimate of drug-likeness (QED) is 0.734. The maximum Gasteiger partial charge on any atom is 0.232 e. The van der Waals surface area contributed by atoms with Crippen molar-refractivity contribution in [3.63, 3.8) is 0 Å². The Bertz CT molecular complexity index is 659. The first kappa shape index (κ1) is 20.4. The number of anilines is 1. The van der Waals surface area contributed by atoms with Crippen LogP contribution in [0.15, 0.2) is 18.2 Å². The number of nitrogens with zero attached hydrogens (tertiary/aromatic N) is 1. The van der Waals surface area contributed by atoms with E-state index in [0.717, 1.165) is 11.1 Å². The van der Waals surface area contributed by atoms with Crippen LogP contribution in [0.5, 0.6) is 0 Å². The number of nitrogens with one attached hydrogen (secondary N) is 1. The zero-order valence-electron chi connectivity index (χ0n) is 15.1. The molecule has 0 heterocycles. The van der Waals surface area contributed by atoms with Crippen molar-refractivity contribution in [1.29, 1.82) is 0 Å². The second-order valence-electron chi connectivity index (χ2n) is 6.13. The second kappa shape index (κ2) is 9.03. The number of carbonyl (C=O) groups is 1. The molecule has 1 amide bonds. The number of carbonyl (C=O) groups excluding carboxylic acids is 1. The van der Waals surface area contributed by atoms with Crippen LogP contribution in [0.4, 0.5) is 5.69 Å². The first-order chi connectivity index (χ1) is 11.1. The first-order valence-corrected chi connectivity index (χ1v) is 9.83. The summed E-state index contributed by atoms with van der Waals surface area (Å²) in [7, 11) is -1.82. The third-order valence-corrected chi connectivity index (χ3v) is 4.96. The van der Waals surface area contributed by atoms with Crippen LogP contribution in [-0.4, -0.2) is 46.9 Å². The largest absolute Gasteiger partial charge is 0.383 e. The van der Waals surface area contributed by atoms with Gasteiger partial charge in [-0.1, -0.05) is 6.07 Å². The minimum Gasteiger partial charge on any atom is -0.383 e. The number of methoxy groups -OCH3 is 1. The molecule has 0 bridgehead atoms. The van der Waals surface area contributed by atoms with Crippen molar-refractivity contribution < 1.29 is 17.9 Å². The summed E-state index contributed by atoms with van der Waals surface area (Å²) >= 11 is 0. The highest BCUT2D eigenvalue weighted by molar-refractivity contribution is 7.92. The van der Waals surface area contributed by atoms with E-state index in [4.69, 9.17) is 4.74 Å². The summed E-state index contributed by atoms with van der Waals surface area (Å²) in [6.07, 6.45) is 1.90. The van der Waals surface area contributed by atoms with Crippen molar-refractivity contribution in [2.75, 3.05) is 30.8 Å². The van der Waals surface area contributed by atoms with Crippen LogP contribution >= 0.6 is 0 Å². The third kappa shape index (κ3) is 6.49. The highest BCUT2D eigenvalue weighted by Gasteiger charge is 2.18. The zero-order valence-corrected chi connectivity index (χ0v) is 15.9. The maximum atomic E-state index is 12.1. The van der Waals surface area contributed by atoms with E-state index in [1.165, 1.54) is 10.6 Å². The average Bonchev–Trinajstić information content (AvgIpc) is 2.45. The summed E-state index contributed by atoms with van der Waals surface area (Å²) in [5, 5.41) is 2.82. The Hall–Kier alpha value is -1.60. The molecule has 24 heavy (non-hydrogen) atoms. The fourth-order valence-corrected chi connectivity index (χ4v) is 3.35. The van der Waals surface area contributed by atoms with Crippen LogP contribution < -0.4 is 9.62 Å². The van der Waals surface area contributed by atoms with E-state index in [1.807, 2.05) is 32.9 Å². The van der Waals surface area contributed by atoms with Gasteiger partial charge >= 0.3 is 0 Å². The number of hydrogen-bond acceptors (Lipinski definition) is 4. The smallest absolute Gasteiger partial charge is 0.232 e. The summed E-state index contributed by atoms with van der Waals surface area (Å²) < 4.78 is 30.5. The van der Waals surface area contributed by atoms with Gasteiger partial charge in [-0.25, -0.2) is 8.42 Å². The predicted octanol–water partition coefficient (Wildman–Crippen LogP) is 2.00. The Labute approximate surface area is 145 Å². The molecule has 0 aliphatic heterocycles. The average molecular weight is 356 g/mol. The van der Waals surface area contributed by atoms with Gasteiger partial charge in [0.15, 0.2) is 0 Å². The number of rotatable bonds is 9. The molecule has 0 radical (unpaired) electrons. The molecule has 136 valence electrons. The lowest BCUT2D eigenvalue weighted by Crippen LogP contribution is -2.36. The van der Waals surface area contributed by atoms with Gasteiger partial charge in [0, 0.05) is 26.1 Å². The van der Waals surface area contributed by atoms with E-state index >= 15 is 0 Å². The SMILES string of the molecule is COC[C@@H](C)NC(=O)CCCN(c1ccc(C)c(C)c1)S(C)(=O)=O. The molecule has 1 aromatic rings. The summed E-state index contributed by atoms with van der Waals surface area (Å²) in [6.45, 7) is 6.51. The summed E-state index contributed by atoms with van der Waals surface area (Å²) in [5.74, 6) is -0.104. The van der Waals surface area contributed by atoms with Crippen molar-refractivity contribution in [3.8, 4) is 0 Å². The Morgan fingerprint density at radius 3 is 2.50 bits per heavy atom. The van der Waals surface area contributed by atoms with Gasteiger partial charge in [0.1, 0.15) is 0 Å². The summed E-state index contributed by atoms with van der Waals surface area (Å²) in [5.41, 5.74) is 2.78. The van der Waals surface area contributed by atoms with Crippen LogP contribution in [0, 0.1) is 13.8 Å². The predicted molar refractivity (Wildman–Crippen MR) is 96.8 cm³/mol. The van der Waals surface area contributed by atoms with Crippen LogP contribution in [0.1, 0.15) is 30.9 Å². The molecule has 1 atom stereocenters. The Morgan fingerprint density at radius 2 is 1.96 bits per heavy atom. The van der Waals surface area contributed by atoms with Gasteiger partial charge in [0.25, 0.3) is 0 Å². The van der Waals surface area contributed by atoms with Crippen molar-refractivity contribution in [2.24, 2.45) is 0 Å². The molecular formula is C17H28N2O4S. The normalized spacial score (nSPS) is 12.7. The molecule has 0 aromatic heterocycles. The van der Waals surface area contributed by atoms with E-state index in [2.05, 4.69) is 5.32 Å². The number of sulfonamides is 1. The number of amides is 1. The highest BCUT2D eigenvalue weighted by Crippen LogP contribution is 2.21. The lowest BCUT2D eigenvalue weighted by Gasteiger charge is -2.23. The van der Waals surface area contributed by atoms with Crippen molar-refractivity contribution >= 4 is 21.6 Å². The van der Waals surface area contributed by atoms with Crippen LogP contribution in [0.2, 0.25) is 0 Å². The third-order valence-electron chi connectivity index (χ3n) is 3.77. The van der Waals surface area contributed by atoms with Gasteiger partial charge in [0.05, 0.1) is 18.6 Å². The molecule has 0 unspecified atom stereocenters. The van der Waals surface area contributed by atoms with Gasteiger partial charge in [-0.2, -0.15) is 0 Å². The Kier molecular flexibility index (Phi) is 7.69. The monoisotopic (exact) mass is 356 g/mol. The van der Waals surface area contributed by atoms with Gasteiger partial charge in [-0.3, -0.25) is 9.10 Å². The molecule has 7 heteroatoms. The number of hydrogen-bond donors (Lipinski definition) is 1. The molecule has 0 aliphatic rings. The summed E-state index contributed by atoms with van der Waals surface area (Å²) in [4.78, 5) is 11.9. The topological polar surface area (TPSA) is 75.7 Å². The number of ether oxygens (including phenoxy) is 1. The van der Waals surface area contributed by atoms with Crippen LogP contribution in [0.3, 0.4) is 0 Å². The fraction of sp³-hybridized carbons (Fsp3) is 0.588. The van der Waals surface area contributed by atoms with Gasteiger partial charge < -0.3 is 10.1 Å². The molecule has 0 saturated carbocycles. The van der Waals surface area contributed by atoms with Crippen molar-refractivity contribution in [1.82, 2.24) is 5.32 Å². The van der Waals surface area contributed by atoms with Crippen LogP contribution in [-0.2, 0) is 19.6 Å². The molecule has 0 saturated heterocycles. The molecule has 6 nitrogen and oxygen atoms in total. The molecular weight excluding hydrogens is 328 g/mol. The second-order valence-corrected chi connectivity index (χ2v) is 8.04. The van der Waals surface area contributed by atoms with E-state index in [1.54, 1.807) is 13.2 Å². The lowest BCUT2D eigenvalue weighted by atomic mass is 10.1. The molecule has 0 spiro atoms. The minimum absolute atomic E-state index is 0.0618. The minimum atomic E-state index is -3.40. The lowest BCUT2D eigenvalue weighted by molar-refractivity contribution is -0.122. The molecule has 0 aliphatic carbocycles. The van der Waals surface area contributed by atoms with Crippen molar-refractivity contribution in [2.45, 2.75) is 39.7 Å². The Morgan fingerprint density at radius 1 is 1.29 bits per heavy atom.